The summed E-state index contributed by atoms with van der Waals surface area (Å²) in [5.41, 5.74) is 0.872. The first-order chi connectivity index (χ1) is 15.3. The van der Waals surface area contributed by atoms with Crippen LogP contribution in [0.25, 0.3) is 0 Å². The van der Waals surface area contributed by atoms with E-state index < -0.39 is 14.9 Å². The molecule has 2 aromatic rings. The van der Waals surface area contributed by atoms with Crippen molar-refractivity contribution < 1.29 is 18.1 Å². The first-order valence-electron chi connectivity index (χ1n) is 10.6. The van der Waals surface area contributed by atoms with Gasteiger partial charge in [-0.25, -0.2) is 8.42 Å². The maximum atomic E-state index is 12.8. The van der Waals surface area contributed by atoms with Gasteiger partial charge in [-0.1, -0.05) is 36.8 Å². The van der Waals surface area contributed by atoms with E-state index in [1.54, 1.807) is 11.9 Å². The van der Waals surface area contributed by atoms with Gasteiger partial charge in [-0.05, 0) is 30.5 Å². The third-order valence-corrected chi connectivity index (χ3v) is 7.36. The molecule has 1 fully saturated rings. The summed E-state index contributed by atoms with van der Waals surface area (Å²) in [6, 6.07) is 13.5. The Bertz CT molecular complexity index is 1050. The third-order valence-electron chi connectivity index (χ3n) is 5.46. The van der Waals surface area contributed by atoms with E-state index in [0.717, 1.165) is 30.9 Å². The molecule has 3 rings (SSSR count). The lowest BCUT2D eigenvalue weighted by Crippen LogP contribution is -2.35. The van der Waals surface area contributed by atoms with Crippen molar-refractivity contribution in [2.45, 2.75) is 37.1 Å². The van der Waals surface area contributed by atoms with E-state index in [0.29, 0.717) is 19.6 Å². The number of amides is 1. The Morgan fingerprint density at radius 2 is 1.81 bits per heavy atom. The third kappa shape index (κ3) is 5.83. The molecule has 0 unspecified atom stereocenters. The predicted molar refractivity (Wildman–Crippen MR) is 122 cm³/mol. The highest BCUT2D eigenvalue weighted by Crippen LogP contribution is 2.30. The Balaban J connectivity index is 1.63. The Hall–Kier alpha value is -2.98. The fraction of sp³-hybridized carbons (Fsp3) is 0.409. The average Bonchev–Trinajstić information content (AvgIpc) is 2.80. The van der Waals surface area contributed by atoms with Crippen molar-refractivity contribution in [2.75, 3.05) is 32.0 Å². The molecule has 1 aliphatic rings. The van der Waals surface area contributed by atoms with Crippen molar-refractivity contribution in [3.8, 4) is 0 Å². The van der Waals surface area contributed by atoms with Crippen LogP contribution in [0.3, 0.4) is 0 Å². The zero-order chi connectivity index (χ0) is 23.1. The predicted octanol–water partition coefficient (Wildman–Crippen LogP) is 3.23. The Labute approximate surface area is 188 Å². The van der Waals surface area contributed by atoms with Crippen molar-refractivity contribution in [2.24, 2.45) is 0 Å². The van der Waals surface area contributed by atoms with Crippen LogP contribution < -0.4 is 5.32 Å². The van der Waals surface area contributed by atoms with Crippen molar-refractivity contribution in [3.05, 3.63) is 64.2 Å². The SMILES string of the molecule is CN(Cc1ccccc1)C(=O)CCNc1ccc(S(=O)(=O)N2CCCCC2)cc1[N+](=O)[O-]. The molecule has 0 bridgehead atoms. The fourth-order valence-corrected chi connectivity index (χ4v) is 5.20. The smallest absolute Gasteiger partial charge is 0.293 e. The Morgan fingerprint density at radius 3 is 2.47 bits per heavy atom. The number of nitrogens with one attached hydrogen (secondary N) is 1. The summed E-state index contributed by atoms with van der Waals surface area (Å²) in [6.45, 7) is 1.52. The molecule has 172 valence electrons. The van der Waals surface area contributed by atoms with Crippen LogP contribution in [0.5, 0.6) is 0 Å². The molecule has 10 heteroatoms. The molecule has 1 saturated heterocycles. The quantitative estimate of drug-likeness (QED) is 0.454. The van der Waals surface area contributed by atoms with E-state index >= 15 is 0 Å². The lowest BCUT2D eigenvalue weighted by Gasteiger charge is -2.25. The minimum Gasteiger partial charge on any atom is -0.379 e. The summed E-state index contributed by atoms with van der Waals surface area (Å²) in [5.74, 6) is -0.103. The highest BCUT2D eigenvalue weighted by Gasteiger charge is 2.28. The number of piperidine rings is 1. The Morgan fingerprint density at radius 1 is 1.12 bits per heavy atom. The lowest BCUT2D eigenvalue weighted by atomic mass is 10.2. The molecule has 0 saturated carbocycles. The maximum Gasteiger partial charge on any atom is 0.293 e. The second-order valence-corrected chi connectivity index (χ2v) is 9.75. The van der Waals surface area contributed by atoms with E-state index in [4.69, 9.17) is 0 Å². The molecular formula is C22H28N4O5S. The number of sulfonamides is 1. The minimum absolute atomic E-state index is 0.0877. The molecule has 1 N–H and O–H groups in total. The molecule has 2 aromatic carbocycles. The zero-order valence-electron chi connectivity index (χ0n) is 18.1. The number of carbonyl (C=O) groups is 1. The first-order valence-corrected chi connectivity index (χ1v) is 12.0. The Kier molecular flexibility index (Phi) is 7.81. The summed E-state index contributed by atoms with van der Waals surface area (Å²) in [4.78, 5) is 24.9. The zero-order valence-corrected chi connectivity index (χ0v) is 18.9. The van der Waals surface area contributed by atoms with E-state index in [-0.39, 0.29) is 35.1 Å². The van der Waals surface area contributed by atoms with Gasteiger partial charge in [0.25, 0.3) is 5.69 Å². The number of anilines is 1. The second-order valence-electron chi connectivity index (χ2n) is 7.81. The van der Waals surface area contributed by atoms with Gasteiger partial charge in [0.2, 0.25) is 15.9 Å². The van der Waals surface area contributed by atoms with Gasteiger partial charge in [-0.3, -0.25) is 14.9 Å². The van der Waals surface area contributed by atoms with E-state index in [9.17, 15) is 23.3 Å². The van der Waals surface area contributed by atoms with Gasteiger partial charge in [0.15, 0.2) is 0 Å². The topological polar surface area (TPSA) is 113 Å². The number of nitrogens with zero attached hydrogens (tertiary/aromatic N) is 3. The van der Waals surface area contributed by atoms with Gasteiger partial charge in [-0.15, -0.1) is 0 Å². The molecule has 0 aliphatic carbocycles. The van der Waals surface area contributed by atoms with Crippen LogP contribution in [0.15, 0.2) is 53.4 Å². The van der Waals surface area contributed by atoms with Crippen LogP contribution in [-0.4, -0.2) is 55.1 Å². The number of hydrogen-bond acceptors (Lipinski definition) is 6. The largest absolute Gasteiger partial charge is 0.379 e. The van der Waals surface area contributed by atoms with Gasteiger partial charge in [0.05, 0.1) is 9.82 Å². The van der Waals surface area contributed by atoms with Crippen molar-refractivity contribution in [1.82, 2.24) is 9.21 Å². The van der Waals surface area contributed by atoms with Crippen molar-refractivity contribution in [1.29, 1.82) is 0 Å². The van der Waals surface area contributed by atoms with Crippen LogP contribution in [-0.2, 0) is 21.4 Å². The molecule has 0 aromatic heterocycles. The van der Waals surface area contributed by atoms with Crippen molar-refractivity contribution in [3.63, 3.8) is 0 Å². The molecule has 1 heterocycles. The first kappa shape index (κ1) is 23.7. The molecule has 1 amide bonds. The minimum atomic E-state index is -3.77. The van der Waals surface area contributed by atoms with Gasteiger partial charge < -0.3 is 10.2 Å². The van der Waals surface area contributed by atoms with Crippen LogP contribution in [0.4, 0.5) is 11.4 Å². The summed E-state index contributed by atoms with van der Waals surface area (Å²) in [6.07, 6.45) is 2.70. The number of benzene rings is 2. The highest BCUT2D eigenvalue weighted by molar-refractivity contribution is 7.89. The number of nitro groups is 1. The summed E-state index contributed by atoms with van der Waals surface area (Å²) >= 11 is 0. The van der Waals surface area contributed by atoms with Crippen LogP contribution in [0.2, 0.25) is 0 Å². The van der Waals surface area contributed by atoms with Gasteiger partial charge in [0, 0.05) is 45.7 Å². The molecule has 32 heavy (non-hydrogen) atoms. The summed E-state index contributed by atoms with van der Waals surface area (Å²) < 4.78 is 27.0. The standard InChI is InChI=1S/C22H28N4O5S/c1-24(17-18-8-4-2-5-9-18)22(27)12-13-23-20-11-10-19(16-21(20)26(28)29)32(30,31)25-14-6-3-7-15-25/h2,4-5,8-11,16,23H,3,6-7,12-15,17H2,1H3. The molecule has 0 atom stereocenters. The van der Waals surface area contributed by atoms with Gasteiger partial charge >= 0.3 is 0 Å². The van der Waals surface area contributed by atoms with Crippen LogP contribution in [0.1, 0.15) is 31.2 Å². The number of hydrogen-bond donors (Lipinski definition) is 1. The number of carbonyl (C=O) groups excluding carboxylic acids is 1. The van der Waals surface area contributed by atoms with Gasteiger partial charge in [0.1, 0.15) is 5.69 Å². The number of rotatable bonds is 9. The van der Waals surface area contributed by atoms with Crippen molar-refractivity contribution >= 4 is 27.3 Å². The molecule has 9 nitrogen and oxygen atoms in total. The highest BCUT2D eigenvalue weighted by atomic mass is 32.2. The summed E-state index contributed by atoms with van der Waals surface area (Å²) in [7, 11) is -2.06. The second kappa shape index (κ2) is 10.6. The van der Waals surface area contributed by atoms with Crippen LogP contribution >= 0.6 is 0 Å². The lowest BCUT2D eigenvalue weighted by molar-refractivity contribution is -0.384. The maximum absolute atomic E-state index is 12.8. The van der Waals surface area contributed by atoms with Gasteiger partial charge in [-0.2, -0.15) is 4.31 Å². The monoisotopic (exact) mass is 460 g/mol. The number of nitro benzene ring substituents is 1. The van der Waals surface area contributed by atoms with E-state index in [1.165, 1.54) is 16.4 Å². The van der Waals surface area contributed by atoms with E-state index in [2.05, 4.69) is 5.32 Å². The molecule has 0 spiro atoms. The van der Waals surface area contributed by atoms with Crippen LogP contribution in [0, 0.1) is 10.1 Å². The summed E-state index contributed by atoms with van der Waals surface area (Å²) in [5, 5.41) is 14.5. The average molecular weight is 461 g/mol. The normalized spacial score (nSPS) is 14.7. The molecular weight excluding hydrogens is 432 g/mol. The molecule has 0 radical (unpaired) electrons. The molecule has 1 aliphatic heterocycles. The van der Waals surface area contributed by atoms with E-state index in [1.807, 2.05) is 30.3 Å². The fourth-order valence-electron chi connectivity index (χ4n) is 3.67.